The molecule has 2 amide bonds. The van der Waals surface area contributed by atoms with E-state index in [1.807, 2.05) is 0 Å². The largest absolute Gasteiger partial charge is 0.296 e. The third kappa shape index (κ3) is 5.49. The standard InChI is InChI=1S/C4H5NO2.C4H4O2/c6-3-1-2-4(7)5-3;1-2-4(6)3-5/h1-2H2,(H,5,6,7);2-3H,1H2. The molecule has 0 radical (unpaired) electrons. The zero-order chi connectivity index (χ0) is 10.3. The van der Waals surface area contributed by atoms with Gasteiger partial charge in [-0.3, -0.25) is 24.5 Å². The number of carbonyl (C=O) groups is 4. The van der Waals surface area contributed by atoms with E-state index < -0.39 is 5.78 Å². The normalized spacial score (nSPS) is 13.8. The first-order chi connectivity index (χ1) is 6.10. The third-order valence-electron chi connectivity index (χ3n) is 1.18. The molecule has 13 heavy (non-hydrogen) atoms. The molecule has 70 valence electrons. The Labute approximate surface area is 74.8 Å². The van der Waals surface area contributed by atoms with Crippen molar-refractivity contribution in [3.05, 3.63) is 12.7 Å². The van der Waals surface area contributed by atoms with Crippen molar-refractivity contribution < 1.29 is 19.2 Å². The van der Waals surface area contributed by atoms with Crippen molar-refractivity contribution in [3.8, 4) is 0 Å². The van der Waals surface area contributed by atoms with E-state index in [4.69, 9.17) is 0 Å². The van der Waals surface area contributed by atoms with Gasteiger partial charge in [-0.05, 0) is 6.08 Å². The van der Waals surface area contributed by atoms with Crippen molar-refractivity contribution in [1.29, 1.82) is 0 Å². The molecular formula is C8H9NO4. The van der Waals surface area contributed by atoms with Gasteiger partial charge in [0.1, 0.15) is 0 Å². The lowest BCUT2D eigenvalue weighted by Gasteiger charge is -1.79. The summed E-state index contributed by atoms with van der Waals surface area (Å²) in [7, 11) is 0. The van der Waals surface area contributed by atoms with Crippen molar-refractivity contribution >= 4 is 23.9 Å². The quantitative estimate of drug-likeness (QED) is 0.267. The predicted octanol–water partition coefficient (Wildman–Crippen LogP) is -0.637. The summed E-state index contributed by atoms with van der Waals surface area (Å²) in [6, 6.07) is 0. The Bertz CT molecular complexity index is 233. The highest BCUT2D eigenvalue weighted by Crippen LogP contribution is 1.95. The average Bonchev–Trinajstić information content (AvgIpc) is 2.49. The summed E-state index contributed by atoms with van der Waals surface area (Å²) in [5.41, 5.74) is 0. The SMILES string of the molecule is C=CC(=O)C=O.O=C1CCC(=O)N1. The van der Waals surface area contributed by atoms with Crippen LogP contribution in [0.5, 0.6) is 0 Å². The van der Waals surface area contributed by atoms with Crippen LogP contribution >= 0.6 is 0 Å². The lowest BCUT2D eigenvalue weighted by Crippen LogP contribution is -2.18. The van der Waals surface area contributed by atoms with Crippen LogP contribution in [-0.4, -0.2) is 23.9 Å². The first-order valence-corrected chi connectivity index (χ1v) is 3.54. The summed E-state index contributed by atoms with van der Waals surface area (Å²) in [6.45, 7) is 3.05. The fraction of sp³-hybridized carbons (Fsp3) is 0.250. The van der Waals surface area contributed by atoms with Crippen LogP contribution in [-0.2, 0) is 19.2 Å². The van der Waals surface area contributed by atoms with Crippen LogP contribution < -0.4 is 5.32 Å². The maximum absolute atomic E-state index is 10.1. The monoisotopic (exact) mass is 183 g/mol. The first kappa shape index (κ1) is 11.2. The lowest BCUT2D eigenvalue weighted by atomic mass is 10.4. The van der Waals surface area contributed by atoms with Gasteiger partial charge >= 0.3 is 0 Å². The van der Waals surface area contributed by atoms with Crippen molar-refractivity contribution in [2.75, 3.05) is 0 Å². The van der Waals surface area contributed by atoms with E-state index in [0.29, 0.717) is 12.8 Å². The van der Waals surface area contributed by atoms with E-state index in [9.17, 15) is 19.2 Å². The Morgan fingerprint density at radius 1 is 1.31 bits per heavy atom. The number of hydrogen-bond donors (Lipinski definition) is 1. The molecule has 1 heterocycles. The van der Waals surface area contributed by atoms with Crippen LogP contribution in [0.4, 0.5) is 0 Å². The van der Waals surface area contributed by atoms with Gasteiger partial charge < -0.3 is 0 Å². The van der Waals surface area contributed by atoms with Crippen LogP contribution in [0, 0.1) is 0 Å². The van der Waals surface area contributed by atoms with E-state index in [1.54, 1.807) is 0 Å². The molecule has 0 aromatic heterocycles. The molecule has 1 N–H and O–H groups in total. The average molecular weight is 183 g/mol. The second-order valence-electron chi connectivity index (χ2n) is 2.20. The maximum atomic E-state index is 10.1. The van der Waals surface area contributed by atoms with Gasteiger partial charge in [0.2, 0.25) is 17.6 Å². The van der Waals surface area contributed by atoms with E-state index in [0.717, 1.165) is 6.08 Å². The molecule has 0 bridgehead atoms. The summed E-state index contributed by atoms with van der Waals surface area (Å²) >= 11 is 0. The van der Waals surface area contributed by atoms with Gasteiger partial charge in [-0.1, -0.05) is 6.58 Å². The number of hydrogen-bond acceptors (Lipinski definition) is 4. The number of nitrogens with one attached hydrogen (secondary N) is 1. The Kier molecular flexibility index (Phi) is 5.02. The van der Waals surface area contributed by atoms with E-state index in [2.05, 4.69) is 11.9 Å². The zero-order valence-electron chi connectivity index (χ0n) is 6.91. The summed E-state index contributed by atoms with van der Waals surface area (Å²) in [5.74, 6) is -0.870. The van der Waals surface area contributed by atoms with Gasteiger partial charge in [-0.15, -0.1) is 0 Å². The fourth-order valence-corrected chi connectivity index (χ4v) is 0.556. The number of ketones is 1. The molecular weight excluding hydrogens is 174 g/mol. The van der Waals surface area contributed by atoms with Crippen molar-refractivity contribution in [1.82, 2.24) is 5.32 Å². The van der Waals surface area contributed by atoms with Crippen molar-refractivity contribution in [2.24, 2.45) is 0 Å². The Morgan fingerprint density at radius 2 is 1.77 bits per heavy atom. The topological polar surface area (TPSA) is 80.3 Å². The molecule has 0 unspecified atom stereocenters. The van der Waals surface area contributed by atoms with Crippen LogP contribution in [0.25, 0.3) is 0 Å². The second kappa shape index (κ2) is 5.82. The van der Waals surface area contributed by atoms with E-state index >= 15 is 0 Å². The molecule has 1 saturated heterocycles. The summed E-state index contributed by atoms with van der Waals surface area (Å²) in [4.78, 5) is 39.3. The zero-order valence-corrected chi connectivity index (χ0v) is 6.91. The van der Waals surface area contributed by atoms with Gasteiger partial charge in [-0.25, -0.2) is 0 Å². The van der Waals surface area contributed by atoms with Gasteiger partial charge in [0.25, 0.3) is 0 Å². The molecule has 0 aromatic rings. The molecule has 0 aliphatic carbocycles. The second-order valence-corrected chi connectivity index (χ2v) is 2.20. The van der Waals surface area contributed by atoms with Crippen LogP contribution in [0.15, 0.2) is 12.7 Å². The van der Waals surface area contributed by atoms with Crippen LogP contribution in [0.1, 0.15) is 12.8 Å². The summed E-state index contributed by atoms with van der Waals surface area (Å²) < 4.78 is 0. The molecule has 0 aromatic carbocycles. The van der Waals surface area contributed by atoms with Gasteiger partial charge in [0, 0.05) is 12.8 Å². The minimum atomic E-state index is -0.574. The number of carbonyl (C=O) groups excluding carboxylic acids is 4. The van der Waals surface area contributed by atoms with Gasteiger partial charge in [0.05, 0.1) is 0 Å². The fourth-order valence-electron chi connectivity index (χ4n) is 0.556. The highest BCUT2D eigenvalue weighted by atomic mass is 16.2. The predicted molar refractivity (Wildman–Crippen MR) is 43.7 cm³/mol. The lowest BCUT2D eigenvalue weighted by molar-refractivity contribution is -0.126. The van der Waals surface area contributed by atoms with E-state index in [-0.39, 0.29) is 18.1 Å². The highest BCUT2D eigenvalue weighted by molar-refractivity contribution is 6.30. The summed E-state index contributed by atoms with van der Waals surface area (Å²) in [5, 5.41) is 2.14. The van der Waals surface area contributed by atoms with Gasteiger partial charge in [-0.2, -0.15) is 0 Å². The minimum absolute atomic E-state index is 0.148. The Hall–Kier alpha value is -1.78. The Morgan fingerprint density at radius 3 is 1.85 bits per heavy atom. The van der Waals surface area contributed by atoms with Crippen molar-refractivity contribution in [2.45, 2.75) is 12.8 Å². The Balaban J connectivity index is 0.000000226. The third-order valence-corrected chi connectivity index (χ3v) is 1.18. The first-order valence-electron chi connectivity index (χ1n) is 3.54. The molecule has 1 rings (SSSR count). The van der Waals surface area contributed by atoms with Crippen LogP contribution in [0.3, 0.4) is 0 Å². The molecule has 0 atom stereocenters. The highest BCUT2D eigenvalue weighted by Gasteiger charge is 2.15. The molecule has 1 aliphatic rings. The number of rotatable bonds is 2. The summed E-state index contributed by atoms with van der Waals surface area (Å²) in [6.07, 6.45) is 1.93. The number of imide groups is 1. The maximum Gasteiger partial charge on any atom is 0.227 e. The molecule has 0 saturated carbocycles. The minimum Gasteiger partial charge on any atom is -0.296 e. The molecule has 5 heteroatoms. The number of allylic oxidation sites excluding steroid dienone is 1. The molecule has 1 fully saturated rings. The van der Waals surface area contributed by atoms with Gasteiger partial charge in [0.15, 0.2) is 6.29 Å². The number of amides is 2. The van der Waals surface area contributed by atoms with Crippen molar-refractivity contribution in [3.63, 3.8) is 0 Å². The smallest absolute Gasteiger partial charge is 0.227 e. The van der Waals surface area contributed by atoms with Crippen LogP contribution in [0.2, 0.25) is 0 Å². The molecule has 5 nitrogen and oxygen atoms in total. The van der Waals surface area contributed by atoms with E-state index in [1.165, 1.54) is 0 Å². The number of aldehydes is 1. The molecule has 1 aliphatic heterocycles. The molecule has 0 spiro atoms.